The molecule has 2 N–H and O–H groups in total. The summed E-state index contributed by atoms with van der Waals surface area (Å²) in [6.07, 6.45) is 6.42. The standard InChI is InChI=1S/C16H21N3OS/c1-11(10-12-6-5-9-21-12)17-16(20)15-13-7-3-2-4-8-14(13)18-19-15/h5-6,9,11H,2-4,7-8,10H2,1H3,(H,17,20)(H,18,19)/t11-/m0/s1. The monoisotopic (exact) mass is 303 g/mol. The minimum absolute atomic E-state index is 0.0431. The zero-order valence-corrected chi connectivity index (χ0v) is 13.1. The van der Waals surface area contributed by atoms with Crippen molar-refractivity contribution in [3.63, 3.8) is 0 Å². The molecule has 112 valence electrons. The van der Waals surface area contributed by atoms with Crippen LogP contribution in [-0.4, -0.2) is 22.1 Å². The molecule has 5 heteroatoms. The first kappa shape index (κ1) is 14.3. The molecule has 0 fully saturated rings. The number of thiophene rings is 1. The van der Waals surface area contributed by atoms with Gasteiger partial charge in [-0.15, -0.1) is 11.3 Å². The summed E-state index contributed by atoms with van der Waals surface area (Å²) in [5.41, 5.74) is 2.89. The zero-order valence-electron chi connectivity index (χ0n) is 12.3. The molecule has 2 heterocycles. The van der Waals surface area contributed by atoms with Crippen molar-refractivity contribution in [2.24, 2.45) is 0 Å². The lowest BCUT2D eigenvalue weighted by Gasteiger charge is -2.12. The van der Waals surface area contributed by atoms with Crippen LogP contribution in [0.1, 0.15) is 52.8 Å². The van der Waals surface area contributed by atoms with Gasteiger partial charge >= 0.3 is 0 Å². The molecule has 1 aliphatic carbocycles. The number of carbonyl (C=O) groups is 1. The Morgan fingerprint density at radius 3 is 3.10 bits per heavy atom. The Hall–Kier alpha value is -1.62. The van der Waals surface area contributed by atoms with E-state index in [-0.39, 0.29) is 11.9 Å². The Bertz CT molecular complexity index is 603. The summed E-state index contributed by atoms with van der Waals surface area (Å²) in [5.74, 6) is -0.0431. The molecule has 0 saturated carbocycles. The van der Waals surface area contributed by atoms with E-state index in [0.717, 1.165) is 36.9 Å². The molecular weight excluding hydrogens is 282 g/mol. The maximum absolute atomic E-state index is 12.4. The summed E-state index contributed by atoms with van der Waals surface area (Å²) < 4.78 is 0. The minimum atomic E-state index is -0.0431. The first-order chi connectivity index (χ1) is 10.2. The van der Waals surface area contributed by atoms with Gasteiger partial charge in [0.1, 0.15) is 0 Å². The van der Waals surface area contributed by atoms with E-state index in [2.05, 4.69) is 27.0 Å². The second kappa shape index (κ2) is 6.43. The third kappa shape index (κ3) is 3.35. The Morgan fingerprint density at radius 1 is 1.43 bits per heavy atom. The lowest BCUT2D eigenvalue weighted by Crippen LogP contribution is -2.34. The highest BCUT2D eigenvalue weighted by molar-refractivity contribution is 7.09. The van der Waals surface area contributed by atoms with Crippen LogP contribution in [0.25, 0.3) is 0 Å². The smallest absolute Gasteiger partial charge is 0.272 e. The van der Waals surface area contributed by atoms with E-state index < -0.39 is 0 Å². The van der Waals surface area contributed by atoms with E-state index in [1.165, 1.54) is 17.7 Å². The van der Waals surface area contributed by atoms with Gasteiger partial charge in [-0.05, 0) is 44.1 Å². The number of hydrogen-bond acceptors (Lipinski definition) is 3. The third-order valence-electron chi connectivity index (χ3n) is 3.99. The van der Waals surface area contributed by atoms with Crippen LogP contribution in [0.15, 0.2) is 17.5 Å². The maximum Gasteiger partial charge on any atom is 0.272 e. The maximum atomic E-state index is 12.4. The van der Waals surface area contributed by atoms with Gasteiger partial charge in [0.2, 0.25) is 0 Å². The summed E-state index contributed by atoms with van der Waals surface area (Å²) in [7, 11) is 0. The molecule has 0 aromatic carbocycles. The van der Waals surface area contributed by atoms with Crippen molar-refractivity contribution in [1.29, 1.82) is 0 Å². The van der Waals surface area contributed by atoms with Crippen molar-refractivity contribution in [2.75, 3.05) is 0 Å². The van der Waals surface area contributed by atoms with Crippen molar-refractivity contribution in [1.82, 2.24) is 15.5 Å². The molecule has 0 aliphatic heterocycles. The average Bonchev–Trinajstić information content (AvgIpc) is 3.04. The Morgan fingerprint density at radius 2 is 2.29 bits per heavy atom. The normalized spacial score (nSPS) is 16.0. The molecule has 3 rings (SSSR count). The topological polar surface area (TPSA) is 57.8 Å². The molecule has 2 aromatic rings. The summed E-state index contributed by atoms with van der Waals surface area (Å²) in [4.78, 5) is 13.7. The molecule has 4 nitrogen and oxygen atoms in total. The van der Waals surface area contributed by atoms with E-state index >= 15 is 0 Å². The van der Waals surface area contributed by atoms with Crippen molar-refractivity contribution in [3.05, 3.63) is 39.3 Å². The number of aromatic amines is 1. The average molecular weight is 303 g/mol. The van der Waals surface area contributed by atoms with E-state index in [9.17, 15) is 4.79 Å². The highest BCUT2D eigenvalue weighted by Gasteiger charge is 2.21. The van der Waals surface area contributed by atoms with Crippen molar-refractivity contribution in [3.8, 4) is 0 Å². The van der Waals surface area contributed by atoms with Crippen LogP contribution in [0.3, 0.4) is 0 Å². The van der Waals surface area contributed by atoms with E-state index in [4.69, 9.17) is 0 Å². The lowest BCUT2D eigenvalue weighted by molar-refractivity contribution is 0.0934. The molecule has 1 aliphatic rings. The predicted octanol–water partition coefficient (Wildman–Crippen LogP) is 3.10. The van der Waals surface area contributed by atoms with Crippen molar-refractivity contribution in [2.45, 2.75) is 51.5 Å². The van der Waals surface area contributed by atoms with Gasteiger partial charge in [0.05, 0.1) is 0 Å². The molecular formula is C16H21N3OS. The van der Waals surface area contributed by atoms with Crippen LogP contribution in [-0.2, 0) is 19.3 Å². The van der Waals surface area contributed by atoms with Crippen LogP contribution < -0.4 is 5.32 Å². The molecule has 21 heavy (non-hydrogen) atoms. The van der Waals surface area contributed by atoms with Gasteiger partial charge in [-0.25, -0.2) is 0 Å². The van der Waals surface area contributed by atoms with Gasteiger partial charge in [0.15, 0.2) is 5.69 Å². The first-order valence-electron chi connectivity index (χ1n) is 7.63. The number of nitrogens with zero attached hydrogens (tertiary/aromatic N) is 1. The van der Waals surface area contributed by atoms with Gasteiger partial charge in [-0.3, -0.25) is 9.89 Å². The molecule has 2 aromatic heterocycles. The molecule has 0 saturated heterocycles. The van der Waals surface area contributed by atoms with E-state index in [0.29, 0.717) is 5.69 Å². The van der Waals surface area contributed by atoms with Crippen LogP contribution in [0.5, 0.6) is 0 Å². The number of aromatic nitrogens is 2. The molecule has 0 spiro atoms. The third-order valence-corrected chi connectivity index (χ3v) is 4.89. The fourth-order valence-corrected chi connectivity index (χ4v) is 3.75. The highest BCUT2D eigenvalue weighted by Crippen LogP contribution is 2.21. The van der Waals surface area contributed by atoms with Gasteiger partial charge in [-0.2, -0.15) is 5.10 Å². The second-order valence-electron chi connectivity index (χ2n) is 5.75. The minimum Gasteiger partial charge on any atom is -0.348 e. The Kier molecular flexibility index (Phi) is 4.39. The van der Waals surface area contributed by atoms with Gasteiger partial charge < -0.3 is 5.32 Å². The molecule has 0 bridgehead atoms. The molecule has 1 amide bonds. The summed E-state index contributed by atoms with van der Waals surface area (Å²) >= 11 is 1.73. The van der Waals surface area contributed by atoms with Crippen LogP contribution in [0.4, 0.5) is 0 Å². The number of rotatable bonds is 4. The Labute approximate surface area is 129 Å². The number of carbonyl (C=O) groups excluding carboxylic acids is 1. The summed E-state index contributed by atoms with van der Waals surface area (Å²) in [6.45, 7) is 2.04. The second-order valence-corrected chi connectivity index (χ2v) is 6.78. The van der Waals surface area contributed by atoms with Gasteiger partial charge in [0.25, 0.3) is 5.91 Å². The fourth-order valence-electron chi connectivity index (χ4n) is 2.92. The number of hydrogen-bond donors (Lipinski definition) is 2. The quantitative estimate of drug-likeness (QED) is 0.853. The summed E-state index contributed by atoms with van der Waals surface area (Å²) in [5, 5.41) is 12.5. The molecule has 0 unspecified atom stereocenters. The number of fused-ring (bicyclic) bond motifs is 1. The summed E-state index contributed by atoms with van der Waals surface area (Å²) in [6, 6.07) is 4.27. The van der Waals surface area contributed by atoms with E-state index in [1.54, 1.807) is 11.3 Å². The van der Waals surface area contributed by atoms with Crippen molar-refractivity contribution >= 4 is 17.2 Å². The zero-order chi connectivity index (χ0) is 14.7. The number of nitrogens with one attached hydrogen (secondary N) is 2. The largest absolute Gasteiger partial charge is 0.348 e. The SMILES string of the molecule is C[C@@H](Cc1cccs1)NC(=O)c1n[nH]c2c1CCCCC2. The fraction of sp³-hybridized carbons (Fsp3) is 0.500. The van der Waals surface area contributed by atoms with Crippen LogP contribution >= 0.6 is 11.3 Å². The predicted molar refractivity (Wildman–Crippen MR) is 84.8 cm³/mol. The molecule has 0 radical (unpaired) electrons. The number of H-pyrrole nitrogens is 1. The first-order valence-corrected chi connectivity index (χ1v) is 8.51. The Balaban J connectivity index is 1.66. The highest BCUT2D eigenvalue weighted by atomic mass is 32.1. The van der Waals surface area contributed by atoms with Crippen LogP contribution in [0, 0.1) is 0 Å². The number of aryl methyl sites for hydroxylation is 1. The molecule has 1 atom stereocenters. The van der Waals surface area contributed by atoms with Gasteiger partial charge in [-0.1, -0.05) is 12.5 Å². The number of amides is 1. The van der Waals surface area contributed by atoms with E-state index in [1.807, 2.05) is 13.0 Å². The lowest BCUT2D eigenvalue weighted by atomic mass is 10.1. The van der Waals surface area contributed by atoms with Crippen molar-refractivity contribution < 1.29 is 4.79 Å². The van der Waals surface area contributed by atoms with Crippen LogP contribution in [0.2, 0.25) is 0 Å². The van der Waals surface area contributed by atoms with Gasteiger partial charge in [0, 0.05) is 28.6 Å².